The molecule has 2 aliphatic heterocycles. The molecule has 0 bridgehead atoms. The van der Waals surface area contributed by atoms with Gasteiger partial charge in [0.15, 0.2) is 5.65 Å². The highest BCUT2D eigenvalue weighted by atomic mass is 35.5. The fourth-order valence-electron chi connectivity index (χ4n) is 7.19. The number of likely N-dealkylation sites (tertiary alicyclic amines) is 2. The number of carbonyl (C=O) groups excluding carboxylic acids is 2. The summed E-state index contributed by atoms with van der Waals surface area (Å²) in [6.07, 6.45) is 6.97. The number of amides is 2. The molecule has 254 valence electrons. The molecular formula is C32H33ClF4N8O3. The molecule has 3 aromatic heterocycles. The number of carbonyl (C=O) groups is 2. The minimum absolute atomic E-state index is 0.0447. The van der Waals surface area contributed by atoms with E-state index in [1.165, 1.54) is 46.0 Å². The average Bonchev–Trinajstić information content (AvgIpc) is 3.82. The molecule has 16 heteroatoms. The Morgan fingerprint density at radius 1 is 1.10 bits per heavy atom. The molecule has 1 N–H and O–H groups in total. The number of nitrogens with one attached hydrogen (secondary N) is 1. The normalized spacial score (nSPS) is 21.2. The Balaban J connectivity index is 1.07. The van der Waals surface area contributed by atoms with E-state index in [1.54, 1.807) is 17.2 Å². The largest absolute Gasteiger partial charge is 0.434 e. The molecule has 0 spiro atoms. The van der Waals surface area contributed by atoms with Gasteiger partial charge in [0.25, 0.3) is 5.91 Å². The third-order valence-electron chi connectivity index (χ3n) is 9.51. The van der Waals surface area contributed by atoms with Gasteiger partial charge in [0.05, 0.1) is 11.9 Å². The summed E-state index contributed by atoms with van der Waals surface area (Å²) in [5.74, 6) is -2.64. The number of anilines is 1. The van der Waals surface area contributed by atoms with Crippen LogP contribution in [0.15, 0.2) is 49.1 Å². The fourth-order valence-corrected chi connectivity index (χ4v) is 7.36. The minimum atomic E-state index is -3.13. The molecule has 2 atom stereocenters. The molecule has 1 aliphatic carbocycles. The number of nitrogens with zero attached hydrogens (tertiary/aromatic N) is 7. The molecule has 2 amide bonds. The van der Waals surface area contributed by atoms with Gasteiger partial charge in [-0.15, -0.1) is 0 Å². The lowest BCUT2D eigenvalue weighted by Gasteiger charge is -2.31. The Morgan fingerprint density at radius 3 is 2.58 bits per heavy atom. The van der Waals surface area contributed by atoms with Crippen LogP contribution in [0.1, 0.15) is 36.0 Å². The van der Waals surface area contributed by atoms with Gasteiger partial charge in [-0.2, -0.15) is 19.0 Å². The molecule has 5 heterocycles. The smallest absolute Gasteiger partial charge is 0.387 e. The summed E-state index contributed by atoms with van der Waals surface area (Å²) in [5, 5.41) is 11.7. The molecule has 3 fully saturated rings. The van der Waals surface area contributed by atoms with Gasteiger partial charge in [0.1, 0.15) is 23.6 Å². The van der Waals surface area contributed by atoms with E-state index in [0.717, 1.165) is 19.6 Å². The predicted octanol–water partition coefficient (Wildman–Crippen LogP) is 5.32. The average molecular weight is 689 g/mol. The van der Waals surface area contributed by atoms with Gasteiger partial charge >= 0.3 is 6.61 Å². The molecule has 1 aromatic carbocycles. The summed E-state index contributed by atoms with van der Waals surface area (Å²) in [7, 11) is 0. The highest BCUT2D eigenvalue weighted by Gasteiger charge is 2.43. The maximum atomic E-state index is 13.6. The molecule has 0 unspecified atom stereocenters. The molecular weight excluding hydrogens is 656 g/mol. The van der Waals surface area contributed by atoms with Crippen molar-refractivity contribution < 1.29 is 31.9 Å². The van der Waals surface area contributed by atoms with Crippen LogP contribution in [0, 0.1) is 17.8 Å². The monoisotopic (exact) mass is 688 g/mol. The van der Waals surface area contributed by atoms with E-state index in [9.17, 15) is 27.2 Å². The number of hydrogen-bond donors (Lipinski definition) is 1. The summed E-state index contributed by atoms with van der Waals surface area (Å²) in [5.41, 5.74) is 0.786. The first-order valence-electron chi connectivity index (χ1n) is 15.8. The Morgan fingerprint density at radius 2 is 1.85 bits per heavy atom. The van der Waals surface area contributed by atoms with Crippen molar-refractivity contribution in [2.24, 2.45) is 17.8 Å². The SMILES string of the molecule is O=C(Nc1cn(CC(=O)N2C[C@H]3CN(CC4CCC(F)(F)CC4)C[C@H]3C2)nc1-c1cc(Cl)ccc1OC(F)F)c1cnn2cccnc12. The Hall–Kier alpha value is -4.24. The van der Waals surface area contributed by atoms with Crippen molar-refractivity contribution in [3.8, 4) is 17.0 Å². The van der Waals surface area contributed by atoms with Crippen molar-refractivity contribution >= 4 is 34.7 Å². The zero-order valence-electron chi connectivity index (χ0n) is 25.7. The van der Waals surface area contributed by atoms with Crippen LogP contribution in [0.4, 0.5) is 23.2 Å². The van der Waals surface area contributed by atoms with Crippen molar-refractivity contribution in [3.63, 3.8) is 0 Å². The van der Waals surface area contributed by atoms with E-state index >= 15 is 0 Å². The standard InChI is InChI=1S/C32H33ClF4N8O3/c33-22-2-3-26(48-31(34)35)23(10-22)28-25(40-30(47)24-11-39-45-9-1-8-38-29(24)45)17-44(41-28)18-27(46)43-15-20-13-42(14-21(20)16-43)12-19-4-6-32(36,37)7-5-19/h1-3,8-11,17,19-21,31H,4-7,12-16,18H2,(H,40,47)/t20-,21+. The van der Waals surface area contributed by atoms with Crippen molar-refractivity contribution in [1.29, 1.82) is 0 Å². The van der Waals surface area contributed by atoms with Crippen molar-refractivity contribution in [1.82, 2.24) is 34.2 Å². The van der Waals surface area contributed by atoms with Gasteiger partial charge in [0.2, 0.25) is 11.8 Å². The van der Waals surface area contributed by atoms with E-state index in [1.807, 2.05) is 0 Å². The van der Waals surface area contributed by atoms with Crippen LogP contribution in [0.5, 0.6) is 5.75 Å². The first kappa shape index (κ1) is 32.3. The third-order valence-corrected chi connectivity index (χ3v) is 9.75. The van der Waals surface area contributed by atoms with Crippen LogP contribution < -0.4 is 10.1 Å². The number of halogens is 5. The topological polar surface area (TPSA) is 110 Å². The van der Waals surface area contributed by atoms with E-state index in [4.69, 9.17) is 16.3 Å². The summed E-state index contributed by atoms with van der Waals surface area (Å²) in [6.45, 7) is 0.313. The molecule has 4 aromatic rings. The highest BCUT2D eigenvalue weighted by molar-refractivity contribution is 6.31. The molecule has 11 nitrogen and oxygen atoms in total. The molecule has 7 rings (SSSR count). The maximum Gasteiger partial charge on any atom is 0.387 e. The zero-order chi connectivity index (χ0) is 33.6. The second-order valence-electron chi connectivity index (χ2n) is 12.8. The Kier molecular flexibility index (Phi) is 8.75. The van der Waals surface area contributed by atoms with Crippen LogP contribution in [0.25, 0.3) is 16.9 Å². The van der Waals surface area contributed by atoms with Gasteiger partial charge < -0.3 is 19.9 Å². The van der Waals surface area contributed by atoms with Crippen LogP contribution >= 0.6 is 11.6 Å². The number of alkyl halides is 4. The number of aromatic nitrogens is 5. The number of fused-ring (bicyclic) bond motifs is 2. The summed E-state index contributed by atoms with van der Waals surface area (Å²) in [6, 6.07) is 5.74. The van der Waals surface area contributed by atoms with Gasteiger partial charge in [0, 0.05) is 74.7 Å². The number of hydrogen-bond acceptors (Lipinski definition) is 7. The quantitative estimate of drug-likeness (QED) is 0.237. The number of ether oxygens (including phenoxy) is 1. The second kappa shape index (κ2) is 13.0. The molecule has 3 aliphatic rings. The van der Waals surface area contributed by atoms with Crippen molar-refractivity contribution in [3.05, 3.63) is 59.6 Å². The molecule has 2 saturated heterocycles. The lowest BCUT2D eigenvalue weighted by Crippen LogP contribution is -2.37. The van der Waals surface area contributed by atoms with Crippen LogP contribution in [0.2, 0.25) is 5.02 Å². The second-order valence-corrected chi connectivity index (χ2v) is 13.3. The highest BCUT2D eigenvalue weighted by Crippen LogP contribution is 2.39. The molecule has 0 radical (unpaired) electrons. The Bertz CT molecular complexity index is 1810. The number of rotatable bonds is 9. The lowest BCUT2D eigenvalue weighted by molar-refractivity contribution is -0.131. The van der Waals surface area contributed by atoms with Gasteiger partial charge in [-0.1, -0.05) is 11.6 Å². The van der Waals surface area contributed by atoms with Gasteiger partial charge in [-0.3, -0.25) is 14.3 Å². The summed E-state index contributed by atoms with van der Waals surface area (Å²) >= 11 is 6.23. The van der Waals surface area contributed by atoms with Crippen molar-refractivity contribution in [2.75, 3.05) is 38.0 Å². The van der Waals surface area contributed by atoms with Gasteiger partial charge in [-0.25, -0.2) is 18.3 Å². The first-order chi connectivity index (χ1) is 23.0. The molecule has 48 heavy (non-hydrogen) atoms. The van der Waals surface area contributed by atoms with Crippen LogP contribution in [-0.4, -0.2) is 91.3 Å². The third kappa shape index (κ3) is 6.83. The zero-order valence-corrected chi connectivity index (χ0v) is 26.5. The van der Waals surface area contributed by atoms with Crippen molar-refractivity contribution in [2.45, 2.75) is 44.8 Å². The maximum absolute atomic E-state index is 13.6. The molecule has 1 saturated carbocycles. The Labute approximate surface area is 277 Å². The summed E-state index contributed by atoms with van der Waals surface area (Å²) < 4.78 is 61.4. The number of benzene rings is 1. The lowest BCUT2D eigenvalue weighted by atomic mass is 9.86. The predicted molar refractivity (Wildman–Crippen MR) is 167 cm³/mol. The van der Waals surface area contributed by atoms with E-state index in [-0.39, 0.29) is 64.5 Å². The van der Waals surface area contributed by atoms with Gasteiger partial charge in [-0.05, 0) is 54.9 Å². The van der Waals surface area contributed by atoms with E-state index < -0.39 is 18.4 Å². The van der Waals surface area contributed by atoms with Crippen LogP contribution in [-0.2, 0) is 11.3 Å². The fraction of sp³-hybridized carbons (Fsp3) is 0.469. The van der Waals surface area contributed by atoms with Crippen LogP contribution in [0.3, 0.4) is 0 Å². The minimum Gasteiger partial charge on any atom is -0.434 e. The first-order valence-corrected chi connectivity index (χ1v) is 16.2. The van der Waals surface area contributed by atoms with E-state index in [0.29, 0.717) is 43.4 Å². The van der Waals surface area contributed by atoms with E-state index in [2.05, 4.69) is 25.4 Å². The summed E-state index contributed by atoms with van der Waals surface area (Å²) in [4.78, 5) is 35.3.